The summed E-state index contributed by atoms with van der Waals surface area (Å²) < 4.78 is 9.86. The second-order valence-electron chi connectivity index (χ2n) is 10.6. The van der Waals surface area contributed by atoms with Crippen molar-refractivity contribution >= 4 is 11.9 Å². The Kier molecular flexibility index (Phi) is 25.1. The first-order valence-corrected chi connectivity index (χ1v) is 15.0. The molecule has 0 radical (unpaired) electrons. The van der Waals surface area contributed by atoms with Gasteiger partial charge in [-0.25, -0.2) is 0 Å². The van der Waals surface area contributed by atoms with Crippen molar-refractivity contribution in [1.29, 1.82) is 0 Å². The molecule has 0 aromatic rings. The normalized spacial score (nSPS) is 13.9. The predicted octanol–water partition coefficient (Wildman–Crippen LogP) is 3.70. The van der Waals surface area contributed by atoms with Gasteiger partial charge < -0.3 is 30.5 Å². The van der Waals surface area contributed by atoms with Gasteiger partial charge in [0.05, 0.1) is 19.8 Å². The van der Waals surface area contributed by atoms with Crippen LogP contribution in [0.3, 0.4) is 0 Å². The van der Waals surface area contributed by atoms with Crippen LogP contribution >= 0.6 is 0 Å². The second-order valence-corrected chi connectivity index (χ2v) is 10.6. The topological polar surface area (TPSA) is 143 Å². The van der Waals surface area contributed by atoms with Gasteiger partial charge in [-0.3, -0.25) is 14.5 Å². The van der Waals surface area contributed by atoms with Crippen LogP contribution in [0.5, 0.6) is 0 Å². The van der Waals surface area contributed by atoms with E-state index in [0.717, 1.165) is 19.3 Å². The number of aliphatic hydroxyl groups is 3. The van der Waals surface area contributed by atoms with Crippen LogP contribution in [-0.2, 0) is 19.1 Å². The van der Waals surface area contributed by atoms with E-state index in [-0.39, 0.29) is 32.3 Å². The Morgan fingerprint density at radius 3 is 1.84 bits per heavy atom. The van der Waals surface area contributed by atoms with Crippen LogP contribution in [0.25, 0.3) is 0 Å². The zero-order valence-corrected chi connectivity index (χ0v) is 24.3. The highest BCUT2D eigenvalue weighted by molar-refractivity contribution is 5.75. The molecule has 9 heteroatoms. The molecule has 5 N–H and O–H groups in total. The molecule has 0 aliphatic carbocycles. The maximum Gasteiger partial charge on any atom is 0.322 e. The molecule has 0 bridgehead atoms. The minimum atomic E-state index is -0.933. The Hall–Kier alpha value is -1.26. The fraction of sp³-hybridized carbons (Fsp3) is 0.931. The average molecular weight is 547 g/mol. The minimum Gasteiger partial charge on any atom is -0.468 e. The fourth-order valence-corrected chi connectivity index (χ4v) is 4.48. The monoisotopic (exact) mass is 546 g/mol. The van der Waals surface area contributed by atoms with Crippen LogP contribution in [0.15, 0.2) is 0 Å². The van der Waals surface area contributed by atoms with Crippen molar-refractivity contribution in [2.45, 2.75) is 134 Å². The van der Waals surface area contributed by atoms with Crippen LogP contribution in [-0.4, -0.2) is 90.4 Å². The predicted molar refractivity (Wildman–Crippen MR) is 151 cm³/mol. The maximum absolute atomic E-state index is 12.0. The molecule has 0 aromatic heterocycles. The molecule has 226 valence electrons. The third-order valence-electron chi connectivity index (χ3n) is 6.81. The molecule has 0 rings (SSSR count). The third-order valence-corrected chi connectivity index (χ3v) is 6.81. The third kappa shape index (κ3) is 22.7. The lowest BCUT2D eigenvalue weighted by molar-refractivity contribution is -0.147. The van der Waals surface area contributed by atoms with Crippen LogP contribution in [0.1, 0.15) is 116 Å². The summed E-state index contributed by atoms with van der Waals surface area (Å²) in [5, 5.41) is 29.3. The Morgan fingerprint density at radius 1 is 0.789 bits per heavy atom. The summed E-state index contributed by atoms with van der Waals surface area (Å²) >= 11 is 0. The molecule has 0 fully saturated rings. The number of carbonyl (C=O) groups excluding carboxylic acids is 2. The molecule has 3 atom stereocenters. The molecular formula is C29H58N2O7. The fourth-order valence-electron chi connectivity index (χ4n) is 4.48. The molecule has 9 nitrogen and oxygen atoms in total. The Bertz CT molecular complexity index is 565. The van der Waals surface area contributed by atoms with Gasteiger partial charge >= 0.3 is 11.9 Å². The number of aliphatic hydroxyl groups excluding tert-OH is 3. The lowest BCUT2D eigenvalue weighted by Gasteiger charge is -2.26. The molecule has 38 heavy (non-hydrogen) atoms. The number of esters is 2. The average Bonchev–Trinajstić information content (AvgIpc) is 2.91. The first-order valence-electron chi connectivity index (χ1n) is 15.0. The molecule has 3 unspecified atom stereocenters. The Morgan fingerprint density at radius 2 is 1.32 bits per heavy atom. The lowest BCUT2D eigenvalue weighted by Crippen LogP contribution is -2.41. The van der Waals surface area contributed by atoms with Gasteiger partial charge in [0.1, 0.15) is 18.8 Å². The molecule has 0 aliphatic rings. The number of unbranched alkanes of at least 4 members (excludes halogenated alkanes) is 13. The Labute approximate surface area is 231 Å². The van der Waals surface area contributed by atoms with E-state index >= 15 is 0 Å². The first kappa shape index (κ1) is 36.7. The Balaban J connectivity index is 3.93. The summed E-state index contributed by atoms with van der Waals surface area (Å²) in [4.78, 5) is 25.3. The molecule has 0 heterocycles. The number of nitrogens with two attached hydrogens (primary N) is 1. The van der Waals surface area contributed by atoms with Gasteiger partial charge in [-0.1, -0.05) is 90.4 Å². The van der Waals surface area contributed by atoms with Crippen LogP contribution in [0, 0.1) is 0 Å². The highest BCUT2D eigenvalue weighted by atomic mass is 16.5. The van der Waals surface area contributed by atoms with Crippen molar-refractivity contribution in [3.8, 4) is 0 Å². The van der Waals surface area contributed by atoms with Gasteiger partial charge in [-0.05, 0) is 25.8 Å². The number of rotatable bonds is 27. The van der Waals surface area contributed by atoms with E-state index in [1.54, 1.807) is 0 Å². The molecular weight excluding hydrogens is 488 g/mol. The zero-order valence-electron chi connectivity index (χ0n) is 24.3. The van der Waals surface area contributed by atoms with E-state index in [1.165, 1.54) is 71.3 Å². The van der Waals surface area contributed by atoms with E-state index in [0.29, 0.717) is 32.2 Å². The summed E-state index contributed by atoms with van der Waals surface area (Å²) in [6.45, 7) is 2.69. The zero-order chi connectivity index (χ0) is 28.4. The summed E-state index contributed by atoms with van der Waals surface area (Å²) in [7, 11) is 1.30. The summed E-state index contributed by atoms with van der Waals surface area (Å²) in [6, 6.07) is -0.670. The van der Waals surface area contributed by atoms with E-state index in [9.17, 15) is 19.8 Å². The molecule has 0 aromatic carbocycles. The summed E-state index contributed by atoms with van der Waals surface area (Å²) in [5.41, 5.74) is 5.74. The van der Waals surface area contributed by atoms with Crippen molar-refractivity contribution in [1.82, 2.24) is 4.90 Å². The maximum atomic E-state index is 12.0. The number of ether oxygens (including phenoxy) is 2. The highest BCUT2D eigenvalue weighted by Gasteiger charge is 2.18. The van der Waals surface area contributed by atoms with Gasteiger partial charge in [0.2, 0.25) is 0 Å². The van der Waals surface area contributed by atoms with Crippen molar-refractivity contribution < 1.29 is 34.4 Å². The van der Waals surface area contributed by atoms with Crippen LogP contribution in [0.4, 0.5) is 0 Å². The van der Waals surface area contributed by atoms with Gasteiger partial charge in [0, 0.05) is 19.5 Å². The van der Waals surface area contributed by atoms with Crippen molar-refractivity contribution in [3.63, 3.8) is 0 Å². The van der Waals surface area contributed by atoms with Gasteiger partial charge in [-0.15, -0.1) is 0 Å². The van der Waals surface area contributed by atoms with E-state index in [1.807, 2.05) is 4.90 Å². The molecule has 0 saturated heterocycles. The smallest absolute Gasteiger partial charge is 0.322 e. The second kappa shape index (κ2) is 26.0. The number of methoxy groups -OCH3 is 1. The first-order chi connectivity index (χ1) is 18.3. The van der Waals surface area contributed by atoms with Crippen molar-refractivity contribution in [2.75, 3.05) is 40.0 Å². The van der Waals surface area contributed by atoms with Crippen molar-refractivity contribution in [3.05, 3.63) is 0 Å². The van der Waals surface area contributed by atoms with Gasteiger partial charge in [0.25, 0.3) is 0 Å². The van der Waals surface area contributed by atoms with E-state index in [4.69, 9.17) is 15.6 Å². The number of carbonyl (C=O) groups is 2. The summed E-state index contributed by atoms with van der Waals surface area (Å²) in [6.07, 6.45) is 16.6. The van der Waals surface area contributed by atoms with Gasteiger partial charge in [0.15, 0.2) is 0 Å². The quantitative estimate of drug-likeness (QED) is 0.0896. The van der Waals surface area contributed by atoms with Gasteiger partial charge in [-0.2, -0.15) is 0 Å². The molecule has 0 spiro atoms. The van der Waals surface area contributed by atoms with Crippen molar-refractivity contribution in [2.24, 2.45) is 5.73 Å². The molecule has 0 saturated carbocycles. The lowest BCUT2D eigenvalue weighted by atomic mass is 10.0. The minimum absolute atomic E-state index is 0.101. The molecule has 0 aliphatic heterocycles. The highest BCUT2D eigenvalue weighted by Crippen LogP contribution is 2.13. The van der Waals surface area contributed by atoms with Crippen LogP contribution in [0.2, 0.25) is 0 Å². The largest absolute Gasteiger partial charge is 0.468 e. The van der Waals surface area contributed by atoms with Crippen LogP contribution < -0.4 is 5.73 Å². The standard InChI is InChI=1S/C29H58N2O7/c1-3-4-5-6-7-8-9-10-11-12-13-14-15-19-28(35)38-24-26(34)22-31(21-25(33)23-32)20-17-16-18-27(30)29(36)37-2/h25-27,32-34H,3-24,30H2,1-2H3. The van der Waals surface area contributed by atoms with E-state index < -0.39 is 24.2 Å². The van der Waals surface area contributed by atoms with E-state index in [2.05, 4.69) is 11.7 Å². The molecule has 0 amide bonds. The summed E-state index contributed by atoms with van der Waals surface area (Å²) in [5.74, 6) is -0.750. The number of hydrogen-bond donors (Lipinski definition) is 4. The SMILES string of the molecule is CCCCCCCCCCCCCCCC(=O)OCC(O)CN(CCCCC(N)C(=O)OC)CC(O)CO. The number of nitrogens with zero attached hydrogens (tertiary/aromatic N) is 1. The number of hydrogen-bond acceptors (Lipinski definition) is 9.